The van der Waals surface area contributed by atoms with Crippen molar-refractivity contribution in [3.8, 4) is 0 Å². The molecule has 0 aromatic heterocycles. The van der Waals surface area contributed by atoms with Crippen molar-refractivity contribution in [3.05, 3.63) is 79.9 Å². The van der Waals surface area contributed by atoms with Crippen molar-refractivity contribution in [2.24, 2.45) is 0 Å². The van der Waals surface area contributed by atoms with Gasteiger partial charge >= 0.3 is 29.6 Å². The summed E-state index contributed by atoms with van der Waals surface area (Å²) in [6, 6.07) is 10.4. The SMILES string of the molecule is O=[N+]([O-])c1ccc(COP(=O)([O-])OCc2ccc([N+](=O)[O-])cc2)cc1.[Na+]. The smallest absolute Gasteiger partial charge is 0.756 e. The Balaban J connectivity index is 0.00000338. The van der Waals surface area contributed by atoms with E-state index in [4.69, 9.17) is 9.05 Å². The average molecular weight is 390 g/mol. The predicted molar refractivity (Wildman–Crippen MR) is 83.4 cm³/mol. The van der Waals surface area contributed by atoms with Crippen molar-refractivity contribution in [1.82, 2.24) is 0 Å². The molecule has 0 spiro atoms. The van der Waals surface area contributed by atoms with Crippen LogP contribution in [0.25, 0.3) is 0 Å². The summed E-state index contributed by atoms with van der Waals surface area (Å²) in [6.45, 7) is -0.669. The maximum atomic E-state index is 11.7. The van der Waals surface area contributed by atoms with Crippen LogP contribution in [0, 0.1) is 20.2 Å². The third-order valence-electron chi connectivity index (χ3n) is 3.07. The number of phosphoric ester groups is 1. The number of non-ortho nitro benzene ring substituents is 2. The van der Waals surface area contributed by atoms with Crippen LogP contribution in [0.1, 0.15) is 11.1 Å². The predicted octanol–water partition coefficient (Wildman–Crippen LogP) is -0.291. The van der Waals surface area contributed by atoms with Gasteiger partial charge in [0.2, 0.25) is 0 Å². The number of phosphoric acid groups is 1. The van der Waals surface area contributed by atoms with E-state index in [2.05, 4.69) is 0 Å². The van der Waals surface area contributed by atoms with Crippen LogP contribution in [0.15, 0.2) is 48.5 Å². The molecule has 12 heteroatoms. The topological polar surface area (TPSA) is 145 Å². The van der Waals surface area contributed by atoms with Gasteiger partial charge in [-0.1, -0.05) is 0 Å². The molecule has 0 aliphatic heterocycles. The second-order valence-electron chi connectivity index (χ2n) is 4.84. The zero-order valence-corrected chi connectivity index (χ0v) is 16.5. The van der Waals surface area contributed by atoms with E-state index in [1.807, 2.05) is 0 Å². The second-order valence-corrected chi connectivity index (χ2v) is 6.25. The van der Waals surface area contributed by atoms with Gasteiger partial charge in [0.15, 0.2) is 0 Å². The van der Waals surface area contributed by atoms with Gasteiger partial charge in [0, 0.05) is 24.3 Å². The molecular formula is C14H12N2NaO8P. The van der Waals surface area contributed by atoms with Gasteiger partial charge in [-0.2, -0.15) is 0 Å². The Hall–Kier alpha value is -1.65. The summed E-state index contributed by atoms with van der Waals surface area (Å²) in [6.07, 6.45) is 0. The third kappa shape index (κ3) is 6.93. The van der Waals surface area contributed by atoms with Crippen molar-refractivity contribution in [2.75, 3.05) is 0 Å². The number of hydrogen-bond donors (Lipinski definition) is 0. The first-order valence-electron chi connectivity index (χ1n) is 6.83. The molecule has 0 amide bonds. The Labute approximate surface area is 170 Å². The minimum Gasteiger partial charge on any atom is -0.756 e. The zero-order valence-electron chi connectivity index (χ0n) is 13.6. The largest absolute Gasteiger partial charge is 1.00 e. The first-order valence-corrected chi connectivity index (χ1v) is 8.30. The number of rotatable bonds is 8. The monoisotopic (exact) mass is 390 g/mol. The Morgan fingerprint density at radius 3 is 1.35 bits per heavy atom. The van der Waals surface area contributed by atoms with Gasteiger partial charge < -0.3 is 13.9 Å². The molecule has 0 saturated heterocycles. The van der Waals surface area contributed by atoms with E-state index in [9.17, 15) is 29.7 Å². The quantitative estimate of drug-likeness (QED) is 0.259. The summed E-state index contributed by atoms with van der Waals surface area (Å²) in [5, 5.41) is 21.1. The minimum absolute atomic E-state index is 0. The number of hydrogen-bond acceptors (Lipinski definition) is 8. The van der Waals surface area contributed by atoms with Crippen LogP contribution in [0.4, 0.5) is 11.4 Å². The van der Waals surface area contributed by atoms with Gasteiger partial charge in [0.25, 0.3) is 19.2 Å². The fourth-order valence-electron chi connectivity index (χ4n) is 1.77. The van der Waals surface area contributed by atoms with Crippen LogP contribution < -0.4 is 34.5 Å². The summed E-state index contributed by atoms with van der Waals surface area (Å²) in [4.78, 5) is 31.6. The fraction of sp³-hybridized carbons (Fsp3) is 0.143. The van der Waals surface area contributed by atoms with E-state index >= 15 is 0 Å². The first kappa shape index (κ1) is 22.4. The van der Waals surface area contributed by atoms with E-state index in [1.54, 1.807) is 0 Å². The van der Waals surface area contributed by atoms with Crippen LogP contribution in [-0.2, 0) is 26.8 Å². The van der Waals surface area contributed by atoms with E-state index in [0.29, 0.717) is 11.1 Å². The molecule has 0 bridgehead atoms. The van der Waals surface area contributed by atoms with Crippen molar-refractivity contribution in [1.29, 1.82) is 0 Å². The van der Waals surface area contributed by atoms with Crippen LogP contribution >= 0.6 is 7.82 Å². The van der Waals surface area contributed by atoms with Crippen molar-refractivity contribution in [3.63, 3.8) is 0 Å². The maximum absolute atomic E-state index is 11.7. The average Bonchev–Trinajstić information content (AvgIpc) is 2.59. The molecule has 132 valence electrons. The molecule has 0 heterocycles. The van der Waals surface area contributed by atoms with Crippen LogP contribution in [-0.4, -0.2) is 9.85 Å². The van der Waals surface area contributed by atoms with Gasteiger partial charge in [-0.05, 0) is 35.4 Å². The zero-order chi connectivity index (χ0) is 18.4. The molecule has 0 fully saturated rings. The minimum atomic E-state index is -4.60. The molecular weight excluding hydrogens is 378 g/mol. The van der Waals surface area contributed by atoms with Crippen molar-refractivity contribution in [2.45, 2.75) is 13.2 Å². The number of benzene rings is 2. The van der Waals surface area contributed by atoms with E-state index in [-0.39, 0.29) is 54.1 Å². The van der Waals surface area contributed by atoms with Gasteiger partial charge in [0.1, 0.15) is 0 Å². The molecule has 0 radical (unpaired) electrons. The summed E-state index contributed by atoms with van der Waals surface area (Å²) >= 11 is 0. The van der Waals surface area contributed by atoms with E-state index in [1.165, 1.54) is 48.5 Å². The number of nitro benzene ring substituents is 2. The molecule has 2 rings (SSSR count). The summed E-state index contributed by atoms with van der Waals surface area (Å²) < 4.78 is 21.1. The summed E-state index contributed by atoms with van der Waals surface area (Å²) in [5.41, 5.74) is 0.591. The normalized spacial score (nSPS) is 10.8. The van der Waals surface area contributed by atoms with Crippen LogP contribution in [0.5, 0.6) is 0 Å². The van der Waals surface area contributed by atoms with Gasteiger partial charge in [-0.3, -0.25) is 24.8 Å². The molecule has 0 N–H and O–H groups in total. The van der Waals surface area contributed by atoms with Gasteiger partial charge in [-0.15, -0.1) is 0 Å². The Morgan fingerprint density at radius 2 is 1.08 bits per heavy atom. The summed E-state index contributed by atoms with van der Waals surface area (Å²) in [7, 11) is -4.60. The Kier molecular flexibility index (Phi) is 8.51. The number of nitrogens with zero attached hydrogens (tertiary/aromatic N) is 2. The molecule has 0 atom stereocenters. The van der Waals surface area contributed by atoms with Crippen LogP contribution in [0.3, 0.4) is 0 Å². The second kappa shape index (κ2) is 9.89. The molecule has 2 aromatic rings. The Morgan fingerprint density at radius 1 is 0.769 bits per heavy atom. The third-order valence-corrected chi connectivity index (χ3v) is 3.96. The summed E-state index contributed by atoms with van der Waals surface area (Å²) in [5.74, 6) is 0. The molecule has 0 aliphatic carbocycles. The Bertz CT molecular complexity index is 747. The molecule has 0 aliphatic rings. The van der Waals surface area contributed by atoms with E-state index < -0.39 is 17.7 Å². The van der Waals surface area contributed by atoms with E-state index in [0.717, 1.165) is 0 Å². The molecule has 0 saturated carbocycles. The molecule has 0 unspecified atom stereocenters. The first-order chi connectivity index (χ1) is 11.8. The standard InChI is InChI=1S/C14H13N2O8P.Na/c17-15(18)13-5-1-11(2-6-13)9-23-25(21,22)24-10-12-3-7-14(8-4-12)16(19)20;/h1-8H,9-10H2,(H,21,22);/q;+1/p-1. The van der Waals surface area contributed by atoms with Gasteiger partial charge in [-0.25, -0.2) is 0 Å². The van der Waals surface area contributed by atoms with Crippen molar-refractivity contribution < 1.29 is 57.9 Å². The van der Waals surface area contributed by atoms with Crippen molar-refractivity contribution >= 4 is 19.2 Å². The fourth-order valence-corrected chi connectivity index (χ4v) is 2.46. The molecule has 2 aromatic carbocycles. The number of nitro groups is 2. The van der Waals surface area contributed by atoms with Crippen LogP contribution in [0.2, 0.25) is 0 Å². The van der Waals surface area contributed by atoms with Gasteiger partial charge in [0.05, 0.1) is 23.1 Å². The maximum Gasteiger partial charge on any atom is 1.00 e. The molecule has 26 heavy (non-hydrogen) atoms. The molecule has 10 nitrogen and oxygen atoms in total.